The molecule has 1 aromatic carbocycles. The number of aromatic nitrogens is 1. The van der Waals surface area contributed by atoms with Gasteiger partial charge in [-0.2, -0.15) is 0 Å². The molecule has 0 radical (unpaired) electrons. The van der Waals surface area contributed by atoms with E-state index >= 15 is 0 Å². The number of allylic oxidation sites excluding steroid dienone is 1. The Labute approximate surface area is 122 Å². The molecule has 106 valence electrons. The average molecular weight is 280 g/mol. The molecule has 1 aromatic heterocycles. The van der Waals surface area contributed by atoms with Gasteiger partial charge in [0.25, 0.3) is 11.5 Å². The predicted octanol–water partition coefficient (Wildman–Crippen LogP) is 1.98. The minimum Gasteiger partial charge on any atom is -0.355 e. The summed E-state index contributed by atoms with van der Waals surface area (Å²) in [6, 6.07) is 7.44. The highest BCUT2D eigenvalue weighted by Gasteiger charge is 2.17. The van der Waals surface area contributed by atoms with E-state index in [1.807, 2.05) is 36.5 Å². The third kappa shape index (κ3) is 2.18. The summed E-state index contributed by atoms with van der Waals surface area (Å²) in [4.78, 5) is 23.9. The molecule has 1 N–H and O–H groups in total. The lowest BCUT2D eigenvalue weighted by atomic mass is 9.98. The Kier molecular flexibility index (Phi) is 3.22. The Morgan fingerprint density at radius 3 is 2.90 bits per heavy atom. The molecule has 0 atom stereocenters. The molecule has 0 unspecified atom stereocenters. The smallest absolute Gasteiger partial charge is 0.254 e. The van der Waals surface area contributed by atoms with Gasteiger partial charge >= 0.3 is 0 Å². The van der Waals surface area contributed by atoms with Gasteiger partial charge in [0, 0.05) is 37.0 Å². The van der Waals surface area contributed by atoms with Gasteiger partial charge in [-0.15, -0.1) is 0 Å². The summed E-state index contributed by atoms with van der Waals surface area (Å²) in [6.07, 6.45) is 6.49. The molecule has 4 heteroatoms. The SMILES string of the molecule is CNC(=O)c1cccc(-c2cn(C)c(=O)c3c2C=CC3)c1. The highest BCUT2D eigenvalue weighted by molar-refractivity contribution is 5.95. The van der Waals surface area contributed by atoms with Crippen LogP contribution in [0.25, 0.3) is 17.2 Å². The van der Waals surface area contributed by atoms with Crippen molar-refractivity contribution in [3.8, 4) is 11.1 Å². The monoisotopic (exact) mass is 280 g/mol. The van der Waals surface area contributed by atoms with E-state index in [0.29, 0.717) is 12.0 Å². The quantitative estimate of drug-likeness (QED) is 0.914. The van der Waals surface area contributed by atoms with E-state index in [1.54, 1.807) is 24.7 Å². The first kappa shape index (κ1) is 13.4. The maximum absolute atomic E-state index is 12.1. The number of nitrogens with one attached hydrogen (secondary N) is 1. The van der Waals surface area contributed by atoms with Gasteiger partial charge in [-0.3, -0.25) is 9.59 Å². The second kappa shape index (κ2) is 5.05. The summed E-state index contributed by atoms with van der Waals surface area (Å²) in [6.45, 7) is 0. The number of benzene rings is 1. The van der Waals surface area contributed by atoms with Crippen molar-refractivity contribution in [2.45, 2.75) is 6.42 Å². The second-order valence-corrected chi connectivity index (χ2v) is 5.12. The van der Waals surface area contributed by atoms with E-state index in [4.69, 9.17) is 0 Å². The molecule has 0 spiro atoms. The fourth-order valence-corrected chi connectivity index (χ4v) is 2.70. The highest BCUT2D eigenvalue weighted by Crippen LogP contribution is 2.29. The van der Waals surface area contributed by atoms with Gasteiger partial charge in [-0.25, -0.2) is 0 Å². The van der Waals surface area contributed by atoms with Crippen LogP contribution in [-0.2, 0) is 13.5 Å². The number of hydrogen-bond donors (Lipinski definition) is 1. The molecule has 0 saturated heterocycles. The molecule has 2 aromatic rings. The Balaban J connectivity index is 2.20. The fraction of sp³-hybridized carbons (Fsp3) is 0.176. The fourth-order valence-electron chi connectivity index (χ4n) is 2.70. The first-order valence-electron chi connectivity index (χ1n) is 6.83. The molecule has 0 saturated carbocycles. The Hall–Kier alpha value is -2.62. The number of rotatable bonds is 2. The van der Waals surface area contributed by atoms with Gasteiger partial charge in [-0.1, -0.05) is 24.3 Å². The van der Waals surface area contributed by atoms with Crippen molar-refractivity contribution in [3.05, 3.63) is 63.6 Å². The van der Waals surface area contributed by atoms with Crippen LogP contribution in [0.1, 0.15) is 21.5 Å². The van der Waals surface area contributed by atoms with Gasteiger partial charge < -0.3 is 9.88 Å². The normalized spacial score (nSPS) is 12.3. The van der Waals surface area contributed by atoms with Crippen LogP contribution in [0.3, 0.4) is 0 Å². The number of pyridine rings is 1. The largest absolute Gasteiger partial charge is 0.355 e. The molecule has 3 rings (SSSR count). The molecular weight excluding hydrogens is 264 g/mol. The van der Waals surface area contributed by atoms with Crippen molar-refractivity contribution in [1.82, 2.24) is 9.88 Å². The lowest BCUT2D eigenvalue weighted by Gasteiger charge is -2.11. The molecule has 1 heterocycles. The van der Waals surface area contributed by atoms with Gasteiger partial charge in [0.2, 0.25) is 0 Å². The van der Waals surface area contributed by atoms with Crippen LogP contribution in [0.2, 0.25) is 0 Å². The van der Waals surface area contributed by atoms with E-state index in [1.165, 1.54) is 0 Å². The summed E-state index contributed by atoms with van der Waals surface area (Å²) in [5.41, 5.74) is 4.36. The maximum atomic E-state index is 12.1. The highest BCUT2D eigenvalue weighted by atomic mass is 16.1. The van der Waals surface area contributed by atoms with Crippen LogP contribution in [-0.4, -0.2) is 17.5 Å². The Morgan fingerprint density at radius 1 is 1.33 bits per heavy atom. The molecular formula is C17H16N2O2. The standard InChI is InChI=1S/C17H16N2O2/c1-18-16(20)12-6-3-5-11(9-12)15-10-19(2)17(21)14-8-4-7-13(14)15/h3-7,9-10H,8H2,1-2H3,(H,18,20). The molecule has 0 aliphatic heterocycles. The zero-order valence-electron chi connectivity index (χ0n) is 12.0. The van der Waals surface area contributed by atoms with Gasteiger partial charge in [0.15, 0.2) is 0 Å². The Morgan fingerprint density at radius 2 is 2.14 bits per heavy atom. The molecule has 4 nitrogen and oxygen atoms in total. The van der Waals surface area contributed by atoms with Gasteiger partial charge in [0.05, 0.1) is 0 Å². The lowest BCUT2D eigenvalue weighted by molar-refractivity contribution is 0.0963. The summed E-state index contributed by atoms with van der Waals surface area (Å²) in [5.74, 6) is -0.117. The number of hydrogen-bond acceptors (Lipinski definition) is 2. The van der Waals surface area contributed by atoms with E-state index in [9.17, 15) is 9.59 Å². The summed E-state index contributed by atoms with van der Waals surface area (Å²) in [7, 11) is 3.37. The average Bonchev–Trinajstić information content (AvgIpc) is 3.00. The summed E-state index contributed by atoms with van der Waals surface area (Å²) < 4.78 is 1.60. The van der Waals surface area contributed by atoms with Crippen LogP contribution in [0, 0.1) is 0 Å². The molecule has 0 fully saturated rings. The van der Waals surface area contributed by atoms with Crippen LogP contribution < -0.4 is 10.9 Å². The van der Waals surface area contributed by atoms with E-state index in [0.717, 1.165) is 22.3 Å². The topological polar surface area (TPSA) is 51.1 Å². The number of fused-ring (bicyclic) bond motifs is 1. The molecule has 1 aliphatic carbocycles. The van der Waals surface area contributed by atoms with Crippen molar-refractivity contribution in [1.29, 1.82) is 0 Å². The Bertz CT molecular complexity index is 816. The minimum absolute atomic E-state index is 0.0428. The summed E-state index contributed by atoms with van der Waals surface area (Å²) in [5, 5.41) is 2.62. The first-order chi connectivity index (χ1) is 10.1. The maximum Gasteiger partial charge on any atom is 0.254 e. The van der Waals surface area contributed by atoms with E-state index in [2.05, 4.69) is 5.32 Å². The van der Waals surface area contributed by atoms with Gasteiger partial charge in [0.1, 0.15) is 0 Å². The van der Waals surface area contributed by atoms with E-state index < -0.39 is 0 Å². The number of amides is 1. The van der Waals surface area contributed by atoms with Crippen LogP contribution in [0.15, 0.2) is 41.3 Å². The first-order valence-corrected chi connectivity index (χ1v) is 6.83. The number of carbonyl (C=O) groups is 1. The molecule has 1 amide bonds. The summed E-state index contributed by atoms with van der Waals surface area (Å²) >= 11 is 0. The van der Waals surface area contributed by atoms with Crippen molar-refractivity contribution < 1.29 is 4.79 Å². The predicted molar refractivity (Wildman–Crippen MR) is 83.2 cm³/mol. The van der Waals surface area contributed by atoms with Crippen molar-refractivity contribution in [2.75, 3.05) is 7.05 Å². The van der Waals surface area contributed by atoms with Gasteiger partial charge in [-0.05, 0) is 29.7 Å². The molecule has 1 aliphatic rings. The van der Waals surface area contributed by atoms with Crippen molar-refractivity contribution in [2.24, 2.45) is 7.05 Å². The van der Waals surface area contributed by atoms with Crippen LogP contribution in [0.4, 0.5) is 0 Å². The van der Waals surface area contributed by atoms with Crippen molar-refractivity contribution in [3.63, 3.8) is 0 Å². The zero-order valence-corrected chi connectivity index (χ0v) is 12.0. The third-order valence-electron chi connectivity index (χ3n) is 3.79. The van der Waals surface area contributed by atoms with Crippen LogP contribution in [0.5, 0.6) is 0 Å². The second-order valence-electron chi connectivity index (χ2n) is 5.12. The molecule has 0 bridgehead atoms. The van der Waals surface area contributed by atoms with Crippen LogP contribution >= 0.6 is 0 Å². The van der Waals surface area contributed by atoms with E-state index in [-0.39, 0.29) is 11.5 Å². The lowest BCUT2D eigenvalue weighted by Crippen LogP contribution is -2.21. The number of aryl methyl sites for hydroxylation is 1. The number of carbonyl (C=O) groups excluding carboxylic acids is 1. The third-order valence-corrected chi connectivity index (χ3v) is 3.79. The zero-order chi connectivity index (χ0) is 15.0. The molecule has 21 heavy (non-hydrogen) atoms. The van der Waals surface area contributed by atoms with Crippen molar-refractivity contribution >= 4 is 12.0 Å². The minimum atomic E-state index is -0.117. The number of nitrogens with zero attached hydrogens (tertiary/aromatic N) is 1.